The first-order valence-electron chi connectivity index (χ1n) is 13.5. The number of nitrogens with zero attached hydrogens (tertiary/aromatic N) is 4. The average molecular weight is 564 g/mol. The van der Waals surface area contributed by atoms with Crippen LogP contribution in [0.2, 0.25) is 0 Å². The molecule has 4 aromatic carbocycles. The fraction of sp³-hybridized carbons (Fsp3) is 0.188. The van der Waals surface area contributed by atoms with Gasteiger partial charge < -0.3 is 19.5 Å². The SMILES string of the molecule is Cc1ccccc1C(=O)N1CCN(c2ccc(NC(=O)CSc3nnc(-c4ccc5ccccc5c4)o3)cc2)CC1. The number of aryl methyl sites for hydroxylation is 1. The van der Waals surface area contributed by atoms with E-state index in [9.17, 15) is 9.59 Å². The third-order valence-corrected chi connectivity index (χ3v) is 8.01. The first-order valence-corrected chi connectivity index (χ1v) is 14.5. The molecule has 2 amide bonds. The summed E-state index contributed by atoms with van der Waals surface area (Å²) in [6.07, 6.45) is 0. The lowest BCUT2D eigenvalue weighted by molar-refractivity contribution is -0.113. The zero-order chi connectivity index (χ0) is 28.2. The predicted octanol–water partition coefficient (Wildman–Crippen LogP) is 5.89. The third-order valence-electron chi connectivity index (χ3n) is 7.19. The van der Waals surface area contributed by atoms with Crippen LogP contribution in [0.5, 0.6) is 0 Å². The first kappa shape index (κ1) is 26.6. The topological polar surface area (TPSA) is 91.6 Å². The van der Waals surface area contributed by atoms with Crippen LogP contribution in [-0.2, 0) is 4.79 Å². The second-order valence-corrected chi connectivity index (χ2v) is 10.8. The zero-order valence-electron chi connectivity index (χ0n) is 22.6. The second-order valence-electron chi connectivity index (χ2n) is 9.91. The largest absolute Gasteiger partial charge is 0.411 e. The van der Waals surface area contributed by atoms with Gasteiger partial charge in [0, 0.05) is 48.7 Å². The van der Waals surface area contributed by atoms with Crippen molar-refractivity contribution in [2.24, 2.45) is 0 Å². The van der Waals surface area contributed by atoms with Crippen molar-refractivity contribution in [1.29, 1.82) is 0 Å². The molecule has 206 valence electrons. The van der Waals surface area contributed by atoms with Gasteiger partial charge in [0.25, 0.3) is 11.1 Å². The lowest BCUT2D eigenvalue weighted by Crippen LogP contribution is -2.48. The Morgan fingerprint density at radius 2 is 1.59 bits per heavy atom. The van der Waals surface area contributed by atoms with Crippen LogP contribution in [0, 0.1) is 6.92 Å². The summed E-state index contributed by atoms with van der Waals surface area (Å²) in [5.41, 5.74) is 4.39. The van der Waals surface area contributed by atoms with Gasteiger partial charge in [-0.1, -0.05) is 60.3 Å². The average Bonchev–Trinajstić information content (AvgIpc) is 3.49. The monoisotopic (exact) mass is 563 g/mol. The molecule has 0 radical (unpaired) electrons. The van der Waals surface area contributed by atoms with E-state index >= 15 is 0 Å². The van der Waals surface area contributed by atoms with Crippen LogP contribution in [0.25, 0.3) is 22.2 Å². The molecule has 0 bridgehead atoms. The van der Waals surface area contributed by atoms with Crippen molar-refractivity contribution in [2.45, 2.75) is 12.1 Å². The lowest BCUT2D eigenvalue weighted by Gasteiger charge is -2.36. The number of aromatic nitrogens is 2. The summed E-state index contributed by atoms with van der Waals surface area (Å²) < 4.78 is 5.79. The van der Waals surface area contributed by atoms with E-state index in [0.717, 1.165) is 51.9 Å². The fourth-order valence-electron chi connectivity index (χ4n) is 4.94. The van der Waals surface area contributed by atoms with Gasteiger partial charge in [-0.25, -0.2) is 0 Å². The maximum Gasteiger partial charge on any atom is 0.277 e. The number of benzene rings is 4. The molecule has 41 heavy (non-hydrogen) atoms. The van der Waals surface area contributed by atoms with Gasteiger partial charge in [0.1, 0.15) is 0 Å². The van der Waals surface area contributed by atoms with Gasteiger partial charge in [0.05, 0.1) is 5.75 Å². The molecule has 1 saturated heterocycles. The number of amides is 2. The molecular weight excluding hydrogens is 534 g/mol. The Kier molecular flexibility index (Phi) is 7.69. The highest BCUT2D eigenvalue weighted by Gasteiger charge is 2.23. The number of carbonyl (C=O) groups is 2. The van der Waals surface area contributed by atoms with Crippen molar-refractivity contribution in [3.8, 4) is 11.5 Å². The number of anilines is 2. The molecule has 6 rings (SSSR count). The Morgan fingerprint density at radius 1 is 0.854 bits per heavy atom. The molecule has 1 aromatic heterocycles. The first-order chi connectivity index (χ1) is 20.0. The second kappa shape index (κ2) is 11.9. The molecule has 1 aliphatic heterocycles. The van der Waals surface area contributed by atoms with E-state index in [1.165, 1.54) is 11.8 Å². The van der Waals surface area contributed by atoms with E-state index in [4.69, 9.17) is 4.42 Å². The molecule has 1 N–H and O–H groups in total. The van der Waals surface area contributed by atoms with Crippen molar-refractivity contribution in [3.05, 3.63) is 102 Å². The number of hydrogen-bond donors (Lipinski definition) is 1. The summed E-state index contributed by atoms with van der Waals surface area (Å²) in [4.78, 5) is 29.7. The zero-order valence-corrected chi connectivity index (χ0v) is 23.4. The van der Waals surface area contributed by atoms with Gasteiger partial charge in [0.2, 0.25) is 11.8 Å². The van der Waals surface area contributed by atoms with Crippen LogP contribution in [0.3, 0.4) is 0 Å². The van der Waals surface area contributed by atoms with Gasteiger partial charge in [-0.3, -0.25) is 9.59 Å². The molecule has 8 nitrogen and oxygen atoms in total. The Labute approximate surface area is 242 Å². The van der Waals surface area contributed by atoms with Crippen LogP contribution >= 0.6 is 11.8 Å². The lowest BCUT2D eigenvalue weighted by atomic mass is 10.1. The van der Waals surface area contributed by atoms with Crippen molar-refractivity contribution in [1.82, 2.24) is 15.1 Å². The molecule has 9 heteroatoms. The highest BCUT2D eigenvalue weighted by molar-refractivity contribution is 7.99. The number of carbonyl (C=O) groups excluding carboxylic acids is 2. The summed E-state index contributed by atoms with van der Waals surface area (Å²) in [7, 11) is 0. The molecule has 0 saturated carbocycles. The van der Waals surface area contributed by atoms with Gasteiger partial charge in [-0.15, -0.1) is 10.2 Å². The molecule has 1 fully saturated rings. The van der Waals surface area contributed by atoms with Crippen LogP contribution in [0.4, 0.5) is 11.4 Å². The highest BCUT2D eigenvalue weighted by Crippen LogP contribution is 2.27. The Morgan fingerprint density at radius 3 is 2.37 bits per heavy atom. The minimum Gasteiger partial charge on any atom is -0.411 e. The maximum absolute atomic E-state index is 12.9. The Hall–Kier alpha value is -4.63. The third kappa shape index (κ3) is 6.10. The molecule has 0 unspecified atom stereocenters. The summed E-state index contributed by atoms with van der Waals surface area (Å²) in [6, 6.07) is 29.6. The number of nitrogens with one attached hydrogen (secondary N) is 1. The summed E-state index contributed by atoms with van der Waals surface area (Å²) in [5.74, 6) is 0.508. The molecule has 0 aliphatic carbocycles. The van der Waals surface area contributed by atoms with Crippen molar-refractivity contribution in [3.63, 3.8) is 0 Å². The molecule has 1 aliphatic rings. The molecule has 5 aromatic rings. The van der Waals surface area contributed by atoms with Crippen molar-refractivity contribution in [2.75, 3.05) is 42.1 Å². The molecule has 0 spiro atoms. The smallest absolute Gasteiger partial charge is 0.277 e. The fourth-order valence-corrected chi connectivity index (χ4v) is 5.50. The van der Waals surface area contributed by atoms with Crippen molar-refractivity contribution < 1.29 is 14.0 Å². The van der Waals surface area contributed by atoms with E-state index in [1.54, 1.807) is 0 Å². The number of piperazine rings is 1. The number of rotatable bonds is 7. The van der Waals surface area contributed by atoms with Crippen LogP contribution in [0.1, 0.15) is 15.9 Å². The van der Waals surface area contributed by atoms with Crippen LogP contribution in [0.15, 0.2) is 101 Å². The van der Waals surface area contributed by atoms with Gasteiger partial charge >= 0.3 is 0 Å². The quantitative estimate of drug-likeness (QED) is 0.247. The number of thioether (sulfide) groups is 1. The Balaban J connectivity index is 0.985. The minimum atomic E-state index is -0.156. The maximum atomic E-state index is 12.9. The summed E-state index contributed by atoms with van der Waals surface area (Å²) >= 11 is 1.20. The number of fused-ring (bicyclic) bond motifs is 1. The highest BCUT2D eigenvalue weighted by atomic mass is 32.2. The molecular formula is C32H29N5O3S. The van der Waals surface area contributed by atoms with E-state index < -0.39 is 0 Å². The standard InChI is InChI=1S/C32H29N5O3S/c1-22-6-2-5-9-28(22)31(39)37-18-16-36(17-19-37)27-14-12-26(13-15-27)33-29(38)21-41-32-35-34-30(40-32)25-11-10-23-7-3-4-8-24(23)20-25/h2-15,20H,16-19,21H2,1H3,(H,33,38). The van der Waals surface area contributed by atoms with Gasteiger partial charge in [-0.2, -0.15) is 0 Å². The molecule has 2 heterocycles. The Bertz CT molecular complexity index is 1690. The van der Waals surface area contributed by atoms with Gasteiger partial charge in [-0.05, 0) is 65.7 Å². The van der Waals surface area contributed by atoms with Gasteiger partial charge in [0.15, 0.2) is 0 Å². The predicted molar refractivity (Wildman–Crippen MR) is 162 cm³/mol. The van der Waals surface area contributed by atoms with Crippen LogP contribution < -0.4 is 10.2 Å². The minimum absolute atomic E-state index is 0.0871. The van der Waals surface area contributed by atoms with Crippen LogP contribution in [-0.4, -0.2) is 58.8 Å². The van der Waals surface area contributed by atoms with E-state index in [1.807, 2.05) is 96.8 Å². The van der Waals surface area contributed by atoms with E-state index in [-0.39, 0.29) is 17.6 Å². The summed E-state index contributed by atoms with van der Waals surface area (Å²) in [5, 5.41) is 13.7. The normalized spacial score (nSPS) is 13.4. The van der Waals surface area contributed by atoms with E-state index in [2.05, 4.69) is 26.5 Å². The van der Waals surface area contributed by atoms with E-state index in [0.29, 0.717) is 24.2 Å². The van der Waals surface area contributed by atoms with Crippen molar-refractivity contribution >= 4 is 45.7 Å². The summed E-state index contributed by atoms with van der Waals surface area (Å²) in [6.45, 7) is 4.82. The number of hydrogen-bond acceptors (Lipinski definition) is 7. The molecule has 0 atom stereocenters.